The number of hydrogen-bond acceptors (Lipinski definition) is 2. The van der Waals surface area contributed by atoms with E-state index < -0.39 is 23.4 Å². The van der Waals surface area contributed by atoms with Gasteiger partial charge in [0.2, 0.25) is 0 Å². The van der Waals surface area contributed by atoms with Crippen molar-refractivity contribution in [3.63, 3.8) is 0 Å². The van der Waals surface area contributed by atoms with Gasteiger partial charge in [0.25, 0.3) is 0 Å². The van der Waals surface area contributed by atoms with Gasteiger partial charge in [-0.25, -0.2) is 13.6 Å². The molecule has 0 aliphatic rings. The predicted molar refractivity (Wildman–Crippen MR) is 56.5 cm³/mol. The molecule has 0 aliphatic carbocycles. The molecule has 6 heteroatoms. The van der Waals surface area contributed by atoms with E-state index in [1.807, 2.05) is 0 Å². The first-order chi connectivity index (χ1) is 7.54. The second kappa shape index (κ2) is 5.60. The maximum absolute atomic E-state index is 13.1. The third-order valence-electron chi connectivity index (χ3n) is 1.57. The van der Waals surface area contributed by atoms with Crippen molar-refractivity contribution in [3.05, 3.63) is 41.7 Å². The number of para-hydroxylation sites is 1. The zero-order valence-corrected chi connectivity index (χ0v) is 9.50. The summed E-state index contributed by atoms with van der Waals surface area (Å²) in [6.45, 7) is 0. The zero-order valence-electron chi connectivity index (χ0n) is 7.91. The molecule has 0 spiro atoms. The van der Waals surface area contributed by atoms with Crippen LogP contribution in [0.5, 0.6) is 5.75 Å². The molecule has 0 saturated heterocycles. The Morgan fingerprint density at radius 2 is 2.00 bits per heavy atom. The molecule has 0 amide bonds. The van der Waals surface area contributed by atoms with Gasteiger partial charge in [-0.05, 0) is 12.1 Å². The van der Waals surface area contributed by atoms with E-state index >= 15 is 0 Å². The van der Waals surface area contributed by atoms with Crippen molar-refractivity contribution >= 4 is 21.9 Å². The molecule has 16 heavy (non-hydrogen) atoms. The number of rotatable bonds is 4. The molecule has 0 aromatic heterocycles. The molecule has 0 heterocycles. The first-order valence-electron chi connectivity index (χ1n) is 4.16. The van der Waals surface area contributed by atoms with Gasteiger partial charge in [0.1, 0.15) is 5.76 Å². The molecule has 1 aromatic rings. The number of ether oxygens (including phenoxy) is 1. The summed E-state index contributed by atoms with van der Waals surface area (Å²) in [6, 6.07) is 3.22. The monoisotopic (exact) mass is 292 g/mol. The summed E-state index contributed by atoms with van der Waals surface area (Å²) in [6.07, 6.45) is 0.723. The number of carboxylic acids is 1. The third-order valence-corrected chi connectivity index (χ3v) is 2.12. The number of carbonyl (C=O) groups is 1. The SMILES string of the molecule is O=C(O)C=C(CBr)Oc1c(F)cccc1F. The molecule has 0 bridgehead atoms. The molecule has 0 fully saturated rings. The van der Waals surface area contributed by atoms with Crippen molar-refractivity contribution in [2.75, 3.05) is 5.33 Å². The van der Waals surface area contributed by atoms with E-state index in [1.54, 1.807) is 0 Å². The number of hydrogen-bond donors (Lipinski definition) is 1. The van der Waals surface area contributed by atoms with Gasteiger partial charge in [-0.1, -0.05) is 22.0 Å². The Hall–Kier alpha value is -1.43. The molecule has 1 rings (SSSR count). The average Bonchev–Trinajstić information content (AvgIpc) is 2.21. The van der Waals surface area contributed by atoms with Crippen LogP contribution in [-0.2, 0) is 4.79 Å². The largest absolute Gasteiger partial charge is 0.478 e. The summed E-state index contributed by atoms with van der Waals surface area (Å²) in [7, 11) is 0. The van der Waals surface area contributed by atoms with Crippen molar-refractivity contribution in [1.82, 2.24) is 0 Å². The minimum absolute atomic E-state index is 0.0348. The molecule has 86 valence electrons. The lowest BCUT2D eigenvalue weighted by molar-refractivity contribution is -0.131. The summed E-state index contributed by atoms with van der Waals surface area (Å²) < 4.78 is 31.1. The molecular weight excluding hydrogens is 286 g/mol. The van der Waals surface area contributed by atoms with Crippen LogP contribution in [-0.4, -0.2) is 16.4 Å². The number of halogens is 3. The van der Waals surface area contributed by atoms with Crippen molar-refractivity contribution in [1.29, 1.82) is 0 Å². The van der Waals surface area contributed by atoms with Gasteiger partial charge in [-0.2, -0.15) is 0 Å². The van der Waals surface area contributed by atoms with E-state index in [1.165, 1.54) is 6.07 Å². The second-order valence-electron chi connectivity index (χ2n) is 2.74. The molecular formula is C10H7BrF2O3. The fourth-order valence-corrected chi connectivity index (χ4v) is 1.22. The highest BCUT2D eigenvalue weighted by Gasteiger charge is 2.12. The molecule has 3 nitrogen and oxygen atoms in total. The highest BCUT2D eigenvalue weighted by atomic mass is 79.9. The topological polar surface area (TPSA) is 46.5 Å². The van der Waals surface area contributed by atoms with Gasteiger partial charge < -0.3 is 9.84 Å². The number of benzene rings is 1. The highest BCUT2D eigenvalue weighted by Crippen LogP contribution is 2.23. The second-order valence-corrected chi connectivity index (χ2v) is 3.30. The van der Waals surface area contributed by atoms with Gasteiger partial charge >= 0.3 is 5.97 Å². The Labute approximate surface area is 98.5 Å². The van der Waals surface area contributed by atoms with Gasteiger partial charge in [0, 0.05) is 0 Å². The maximum Gasteiger partial charge on any atom is 0.331 e. The third kappa shape index (κ3) is 3.30. The average molecular weight is 293 g/mol. The summed E-state index contributed by atoms with van der Waals surface area (Å²) in [5, 5.41) is 8.50. The van der Waals surface area contributed by atoms with E-state index in [9.17, 15) is 13.6 Å². The van der Waals surface area contributed by atoms with Crippen LogP contribution < -0.4 is 4.74 Å². The summed E-state index contributed by atoms with van der Waals surface area (Å²) in [5.74, 6) is -3.76. The Bertz CT molecular complexity index is 412. The van der Waals surface area contributed by atoms with Gasteiger partial charge in [-0.15, -0.1) is 0 Å². The molecule has 0 unspecified atom stereocenters. The maximum atomic E-state index is 13.1. The first-order valence-corrected chi connectivity index (χ1v) is 5.28. The smallest absolute Gasteiger partial charge is 0.331 e. The normalized spacial score (nSPS) is 11.3. The van der Waals surface area contributed by atoms with Gasteiger partial charge in [-0.3, -0.25) is 0 Å². The first kappa shape index (κ1) is 12.6. The van der Waals surface area contributed by atoms with Crippen LogP contribution in [0.1, 0.15) is 0 Å². The van der Waals surface area contributed by atoms with Crippen LogP contribution in [0.3, 0.4) is 0 Å². The highest BCUT2D eigenvalue weighted by molar-refractivity contribution is 9.09. The molecule has 0 saturated carbocycles. The lowest BCUT2D eigenvalue weighted by Gasteiger charge is -2.08. The fourth-order valence-electron chi connectivity index (χ4n) is 0.944. The summed E-state index contributed by atoms with van der Waals surface area (Å²) in [4.78, 5) is 10.4. The van der Waals surface area contributed by atoms with Crippen molar-refractivity contribution in [3.8, 4) is 5.75 Å². The van der Waals surface area contributed by atoms with Crippen molar-refractivity contribution in [2.45, 2.75) is 0 Å². The fraction of sp³-hybridized carbons (Fsp3) is 0.100. The minimum Gasteiger partial charge on any atom is -0.478 e. The minimum atomic E-state index is -1.26. The van der Waals surface area contributed by atoms with E-state index in [2.05, 4.69) is 15.9 Å². The molecule has 1 N–H and O–H groups in total. The number of alkyl halides is 1. The van der Waals surface area contributed by atoms with Crippen LogP contribution in [0.25, 0.3) is 0 Å². The summed E-state index contributed by atoms with van der Waals surface area (Å²) in [5.41, 5.74) is 0. The van der Waals surface area contributed by atoms with Crippen molar-refractivity contribution in [2.24, 2.45) is 0 Å². The molecule has 0 aliphatic heterocycles. The summed E-state index contributed by atoms with van der Waals surface area (Å²) >= 11 is 2.95. The predicted octanol–water partition coefficient (Wildman–Crippen LogP) is 2.71. The van der Waals surface area contributed by atoms with Crippen LogP contribution in [0.4, 0.5) is 8.78 Å². The van der Waals surface area contributed by atoms with Crippen LogP contribution in [0.15, 0.2) is 30.0 Å². The molecule has 0 radical (unpaired) electrons. The molecule has 1 aromatic carbocycles. The zero-order chi connectivity index (χ0) is 12.1. The molecule has 0 atom stereocenters. The number of carboxylic acid groups (broad SMARTS) is 1. The standard InChI is InChI=1S/C10H7BrF2O3/c11-5-6(4-9(14)15)16-10-7(12)2-1-3-8(10)13/h1-4H,5H2,(H,14,15). The quantitative estimate of drug-likeness (QED) is 0.527. The van der Waals surface area contributed by atoms with Gasteiger partial charge in [0.05, 0.1) is 11.4 Å². The van der Waals surface area contributed by atoms with E-state index in [-0.39, 0.29) is 11.1 Å². The Balaban J connectivity index is 2.99. The van der Waals surface area contributed by atoms with Crippen LogP contribution in [0, 0.1) is 11.6 Å². The van der Waals surface area contributed by atoms with E-state index in [4.69, 9.17) is 9.84 Å². The Morgan fingerprint density at radius 3 is 2.44 bits per heavy atom. The van der Waals surface area contributed by atoms with Crippen LogP contribution >= 0.6 is 15.9 Å². The Kier molecular flexibility index (Phi) is 4.42. The van der Waals surface area contributed by atoms with E-state index in [0.29, 0.717) is 0 Å². The van der Waals surface area contributed by atoms with Crippen molar-refractivity contribution < 1.29 is 23.4 Å². The lowest BCUT2D eigenvalue weighted by atomic mass is 10.3. The Morgan fingerprint density at radius 1 is 1.44 bits per heavy atom. The number of allylic oxidation sites excluding steroid dienone is 1. The lowest BCUT2D eigenvalue weighted by Crippen LogP contribution is -2.03. The van der Waals surface area contributed by atoms with Crippen LogP contribution in [0.2, 0.25) is 0 Å². The van der Waals surface area contributed by atoms with E-state index in [0.717, 1.165) is 18.2 Å². The number of aliphatic carboxylic acids is 1. The van der Waals surface area contributed by atoms with Gasteiger partial charge in [0.15, 0.2) is 17.4 Å².